The number of nitrogens with one attached hydrogen (secondary N) is 2. The number of para-hydroxylation sites is 1. The summed E-state index contributed by atoms with van der Waals surface area (Å²) < 4.78 is 16.0. The Balaban J connectivity index is 1.86. The second-order valence-corrected chi connectivity index (χ2v) is 6.71. The molecule has 0 radical (unpaired) electrons. The third-order valence-corrected chi connectivity index (χ3v) is 4.86. The number of hydrogen-bond donors (Lipinski definition) is 3. The van der Waals surface area contributed by atoms with Crippen LogP contribution in [0.5, 0.6) is 23.1 Å². The van der Waals surface area contributed by atoms with Crippen LogP contribution in [0.1, 0.15) is 5.56 Å². The van der Waals surface area contributed by atoms with Gasteiger partial charge < -0.3 is 24.3 Å². The third kappa shape index (κ3) is 3.81. The number of hydrogen-bond acceptors (Lipinski definition) is 9. The van der Waals surface area contributed by atoms with E-state index in [1.54, 1.807) is 30.3 Å². The van der Waals surface area contributed by atoms with Crippen LogP contribution in [0.4, 0.5) is 11.6 Å². The zero-order valence-corrected chi connectivity index (χ0v) is 17.8. The molecule has 11 nitrogen and oxygen atoms in total. The lowest BCUT2D eigenvalue weighted by atomic mass is 10.1. The second-order valence-electron chi connectivity index (χ2n) is 6.71. The van der Waals surface area contributed by atoms with E-state index in [1.165, 1.54) is 21.3 Å². The maximum atomic E-state index is 12.6. The normalized spacial score (nSPS) is 11.0. The Morgan fingerprint density at radius 3 is 2.36 bits per heavy atom. The molecule has 0 aliphatic heterocycles. The maximum Gasteiger partial charge on any atom is 0.270 e. The lowest BCUT2D eigenvalue weighted by Gasteiger charge is -2.14. The standard InChI is InChI=1S/C22H18N6O5/c1-31-15-8-11(9-16(32-2)19(15)33-3)17-13(10-23)20(29)26-22(25-17)28-27-18-12-6-4-5-7-14(12)24-21(18)30/h4-9,24,30H,1-3H3,(H,25,26,29). The molecule has 0 saturated heterocycles. The average molecular weight is 446 g/mol. The fraction of sp³-hybridized carbons (Fsp3) is 0.136. The molecule has 0 aliphatic carbocycles. The minimum absolute atomic E-state index is 0.0533. The van der Waals surface area contributed by atoms with Crippen molar-refractivity contribution < 1.29 is 19.3 Å². The van der Waals surface area contributed by atoms with Crippen LogP contribution in [0.25, 0.3) is 22.2 Å². The highest BCUT2D eigenvalue weighted by Gasteiger charge is 2.19. The number of aromatic amines is 2. The Morgan fingerprint density at radius 2 is 1.73 bits per heavy atom. The van der Waals surface area contributed by atoms with E-state index in [-0.39, 0.29) is 28.8 Å². The molecule has 4 rings (SSSR count). The molecule has 2 heterocycles. The van der Waals surface area contributed by atoms with Gasteiger partial charge in [-0.1, -0.05) is 18.2 Å². The van der Waals surface area contributed by atoms with Crippen molar-refractivity contribution in [1.82, 2.24) is 15.0 Å². The van der Waals surface area contributed by atoms with Crippen LogP contribution in [0, 0.1) is 11.3 Å². The molecule has 0 atom stereocenters. The van der Waals surface area contributed by atoms with Crippen LogP contribution in [0.2, 0.25) is 0 Å². The highest BCUT2D eigenvalue weighted by atomic mass is 16.5. The largest absolute Gasteiger partial charge is 0.493 e. The van der Waals surface area contributed by atoms with E-state index in [1.807, 2.05) is 12.1 Å². The maximum absolute atomic E-state index is 12.6. The summed E-state index contributed by atoms with van der Waals surface area (Å²) in [6.07, 6.45) is 0. The predicted octanol–water partition coefficient (Wildman–Crippen LogP) is 3.94. The summed E-state index contributed by atoms with van der Waals surface area (Å²) in [4.78, 5) is 22.1. The smallest absolute Gasteiger partial charge is 0.270 e. The monoisotopic (exact) mass is 446 g/mol. The third-order valence-electron chi connectivity index (χ3n) is 4.86. The number of methoxy groups -OCH3 is 3. The van der Waals surface area contributed by atoms with Crippen LogP contribution in [-0.4, -0.2) is 41.4 Å². The average Bonchev–Trinajstić information content (AvgIpc) is 3.16. The molecule has 3 N–H and O–H groups in total. The Morgan fingerprint density at radius 1 is 1.03 bits per heavy atom. The number of fused-ring (bicyclic) bond motifs is 1. The molecular weight excluding hydrogens is 428 g/mol. The first-order valence-electron chi connectivity index (χ1n) is 9.56. The lowest BCUT2D eigenvalue weighted by molar-refractivity contribution is 0.324. The summed E-state index contributed by atoms with van der Waals surface area (Å²) in [6.45, 7) is 0. The Kier molecular flexibility index (Phi) is 5.65. The van der Waals surface area contributed by atoms with Crippen LogP contribution in [0.15, 0.2) is 51.4 Å². The van der Waals surface area contributed by atoms with Crippen LogP contribution in [0.3, 0.4) is 0 Å². The zero-order chi connectivity index (χ0) is 23.5. The van der Waals surface area contributed by atoms with Crippen molar-refractivity contribution in [3.05, 3.63) is 52.3 Å². The molecular formula is C22H18N6O5. The first kappa shape index (κ1) is 21.4. The summed E-state index contributed by atoms with van der Waals surface area (Å²) in [7, 11) is 4.36. The van der Waals surface area contributed by atoms with E-state index in [0.29, 0.717) is 33.7 Å². The van der Waals surface area contributed by atoms with Gasteiger partial charge in [-0.05, 0) is 18.2 Å². The molecule has 2 aromatic carbocycles. The Hall–Kier alpha value is -4.85. The van der Waals surface area contributed by atoms with Gasteiger partial charge in [-0.25, -0.2) is 4.98 Å². The van der Waals surface area contributed by atoms with Gasteiger partial charge >= 0.3 is 0 Å². The lowest BCUT2D eigenvalue weighted by Crippen LogP contribution is -2.13. The van der Waals surface area contributed by atoms with E-state index in [2.05, 4.69) is 25.2 Å². The molecule has 166 valence electrons. The molecule has 4 aromatic rings. The quantitative estimate of drug-likeness (QED) is 0.378. The van der Waals surface area contributed by atoms with E-state index >= 15 is 0 Å². The van der Waals surface area contributed by atoms with Gasteiger partial charge in [0.2, 0.25) is 17.6 Å². The van der Waals surface area contributed by atoms with Crippen LogP contribution in [-0.2, 0) is 0 Å². The number of nitriles is 1. The number of rotatable bonds is 6. The van der Waals surface area contributed by atoms with Crippen molar-refractivity contribution >= 4 is 22.5 Å². The molecule has 0 amide bonds. The number of azo groups is 1. The van der Waals surface area contributed by atoms with Gasteiger partial charge in [-0.2, -0.15) is 5.26 Å². The van der Waals surface area contributed by atoms with Gasteiger partial charge in [0.25, 0.3) is 5.56 Å². The summed E-state index contributed by atoms with van der Waals surface area (Å²) in [5.41, 5.74) is 0.359. The molecule has 2 aromatic heterocycles. The van der Waals surface area contributed by atoms with Gasteiger partial charge in [0.1, 0.15) is 11.6 Å². The van der Waals surface area contributed by atoms with Gasteiger partial charge in [-0.3, -0.25) is 9.78 Å². The number of H-pyrrole nitrogens is 2. The fourth-order valence-corrected chi connectivity index (χ4v) is 3.35. The predicted molar refractivity (Wildman–Crippen MR) is 119 cm³/mol. The summed E-state index contributed by atoms with van der Waals surface area (Å²) in [5, 5.41) is 28.4. The summed E-state index contributed by atoms with van der Waals surface area (Å²) in [5.74, 6) is 0.657. The van der Waals surface area contributed by atoms with E-state index in [4.69, 9.17) is 14.2 Å². The number of aromatic nitrogens is 3. The van der Waals surface area contributed by atoms with Gasteiger partial charge in [0, 0.05) is 10.9 Å². The topological polar surface area (TPSA) is 158 Å². The molecule has 33 heavy (non-hydrogen) atoms. The number of aromatic hydroxyl groups is 1. The Bertz CT molecular complexity index is 1460. The summed E-state index contributed by atoms with van der Waals surface area (Å²) >= 11 is 0. The van der Waals surface area contributed by atoms with Gasteiger partial charge in [0.05, 0.1) is 32.5 Å². The van der Waals surface area contributed by atoms with Crippen molar-refractivity contribution in [3.63, 3.8) is 0 Å². The second kappa shape index (κ2) is 8.72. The number of ether oxygens (including phenoxy) is 3. The summed E-state index contributed by atoms with van der Waals surface area (Å²) in [6, 6.07) is 12.1. The van der Waals surface area contributed by atoms with Gasteiger partial charge in [-0.15, -0.1) is 10.2 Å². The van der Waals surface area contributed by atoms with Crippen molar-refractivity contribution in [2.75, 3.05) is 21.3 Å². The fourth-order valence-electron chi connectivity index (χ4n) is 3.35. The number of nitrogens with zero attached hydrogens (tertiary/aromatic N) is 4. The highest BCUT2D eigenvalue weighted by molar-refractivity contribution is 5.94. The van der Waals surface area contributed by atoms with E-state index in [0.717, 1.165) is 0 Å². The zero-order valence-electron chi connectivity index (χ0n) is 17.8. The van der Waals surface area contributed by atoms with Crippen LogP contribution >= 0.6 is 0 Å². The van der Waals surface area contributed by atoms with E-state index in [9.17, 15) is 15.2 Å². The molecule has 0 unspecified atom stereocenters. The SMILES string of the molecule is COc1cc(-c2nc(N=Nc3c(O)[nH]c4ccccc34)[nH]c(=O)c2C#N)cc(OC)c1OC. The molecule has 0 saturated carbocycles. The molecule has 0 aliphatic rings. The Labute approximate surface area is 186 Å². The van der Waals surface area contributed by atoms with Crippen molar-refractivity contribution in [3.8, 4) is 40.5 Å². The molecule has 0 fully saturated rings. The van der Waals surface area contributed by atoms with Crippen molar-refractivity contribution in [2.24, 2.45) is 10.2 Å². The first-order valence-corrected chi connectivity index (χ1v) is 9.56. The van der Waals surface area contributed by atoms with E-state index < -0.39 is 5.56 Å². The molecule has 0 spiro atoms. The number of benzene rings is 2. The van der Waals surface area contributed by atoms with Crippen molar-refractivity contribution in [1.29, 1.82) is 5.26 Å². The van der Waals surface area contributed by atoms with Crippen LogP contribution < -0.4 is 19.8 Å². The van der Waals surface area contributed by atoms with Crippen molar-refractivity contribution in [2.45, 2.75) is 0 Å². The highest BCUT2D eigenvalue weighted by Crippen LogP contribution is 2.41. The molecule has 0 bridgehead atoms. The van der Waals surface area contributed by atoms with Gasteiger partial charge in [0.15, 0.2) is 17.2 Å². The minimum atomic E-state index is -0.701. The minimum Gasteiger partial charge on any atom is -0.493 e. The first-order chi connectivity index (χ1) is 16.0. The molecule has 11 heteroatoms.